The molecule has 1 saturated heterocycles. The van der Waals surface area contributed by atoms with Crippen molar-refractivity contribution in [1.82, 2.24) is 10.8 Å². The van der Waals surface area contributed by atoms with Gasteiger partial charge in [-0.2, -0.15) is 0 Å². The van der Waals surface area contributed by atoms with E-state index < -0.39 is 5.91 Å². The summed E-state index contributed by atoms with van der Waals surface area (Å²) in [7, 11) is 0. The number of nitrogens with zero attached hydrogens (tertiary/aromatic N) is 1. The molecular formula is C22H23N3O3. The van der Waals surface area contributed by atoms with E-state index in [0.29, 0.717) is 5.56 Å². The summed E-state index contributed by atoms with van der Waals surface area (Å²) in [6.07, 6.45) is 6.15. The van der Waals surface area contributed by atoms with Crippen LogP contribution < -0.4 is 15.7 Å². The Labute approximate surface area is 164 Å². The summed E-state index contributed by atoms with van der Waals surface area (Å²) < 4.78 is 0. The molecule has 0 radical (unpaired) electrons. The first-order valence-corrected chi connectivity index (χ1v) is 9.16. The van der Waals surface area contributed by atoms with Crippen molar-refractivity contribution >= 4 is 29.5 Å². The standard InChI is InChI=1S/C22H23N3O3/c26-21(19-7-9-20(10-8-19)25-15-13-23-14-16-25)11-5-17-1-3-18(4-2-17)6-12-22(27)24-28/h1-12,23,28H,13-16H2,(H,24,27)/b11-5+,12-6+. The van der Waals surface area contributed by atoms with E-state index in [4.69, 9.17) is 5.21 Å². The molecule has 1 amide bonds. The number of nitrogens with one attached hydrogen (secondary N) is 2. The predicted octanol–water partition coefficient (Wildman–Crippen LogP) is 2.51. The predicted molar refractivity (Wildman–Crippen MR) is 110 cm³/mol. The average molecular weight is 377 g/mol. The van der Waals surface area contributed by atoms with E-state index >= 15 is 0 Å². The number of ketones is 1. The van der Waals surface area contributed by atoms with Gasteiger partial charge in [-0.3, -0.25) is 14.8 Å². The number of carbonyl (C=O) groups excluding carboxylic acids is 2. The van der Waals surface area contributed by atoms with Gasteiger partial charge in [0.05, 0.1) is 0 Å². The first-order chi connectivity index (χ1) is 13.7. The molecule has 1 aliphatic heterocycles. The Hall–Kier alpha value is -3.22. The summed E-state index contributed by atoms with van der Waals surface area (Å²) in [6, 6.07) is 15.1. The van der Waals surface area contributed by atoms with Gasteiger partial charge in [0, 0.05) is 43.5 Å². The Morgan fingerprint density at radius 3 is 2.04 bits per heavy atom. The third-order valence-electron chi connectivity index (χ3n) is 4.53. The number of piperazine rings is 1. The van der Waals surface area contributed by atoms with Gasteiger partial charge in [-0.25, -0.2) is 5.48 Å². The fraction of sp³-hybridized carbons (Fsp3) is 0.182. The number of allylic oxidation sites excluding steroid dienone is 1. The third-order valence-corrected chi connectivity index (χ3v) is 4.53. The first kappa shape index (κ1) is 19.5. The smallest absolute Gasteiger partial charge is 0.267 e. The normalized spacial score (nSPS) is 14.5. The monoisotopic (exact) mass is 377 g/mol. The first-order valence-electron chi connectivity index (χ1n) is 9.16. The SMILES string of the molecule is O=C(/C=C/c1ccc(/C=C/C(=O)c2ccc(N3CCNCC3)cc2)cc1)NO. The summed E-state index contributed by atoms with van der Waals surface area (Å²) in [4.78, 5) is 25.7. The number of carbonyl (C=O) groups is 2. The van der Waals surface area contributed by atoms with Crippen molar-refractivity contribution in [3.05, 3.63) is 77.4 Å². The highest BCUT2D eigenvalue weighted by atomic mass is 16.5. The molecule has 3 rings (SSSR count). The van der Waals surface area contributed by atoms with E-state index in [1.54, 1.807) is 18.2 Å². The molecule has 2 aromatic rings. The zero-order valence-corrected chi connectivity index (χ0v) is 15.5. The highest BCUT2D eigenvalue weighted by molar-refractivity contribution is 6.07. The molecule has 1 heterocycles. The summed E-state index contributed by atoms with van der Waals surface area (Å²) in [5.74, 6) is -0.631. The molecule has 0 aliphatic carbocycles. The van der Waals surface area contributed by atoms with Crippen LogP contribution in [0, 0.1) is 0 Å². The lowest BCUT2D eigenvalue weighted by atomic mass is 10.1. The fourth-order valence-corrected chi connectivity index (χ4v) is 2.96. The minimum Gasteiger partial charge on any atom is -0.369 e. The molecule has 0 saturated carbocycles. The summed E-state index contributed by atoms with van der Waals surface area (Å²) in [5, 5.41) is 11.8. The third kappa shape index (κ3) is 5.39. The quantitative estimate of drug-likeness (QED) is 0.312. The highest BCUT2D eigenvalue weighted by Crippen LogP contribution is 2.17. The van der Waals surface area contributed by atoms with E-state index in [9.17, 15) is 9.59 Å². The molecule has 3 N–H and O–H groups in total. The van der Waals surface area contributed by atoms with Gasteiger partial charge >= 0.3 is 0 Å². The van der Waals surface area contributed by atoms with Crippen LogP contribution in [-0.2, 0) is 4.79 Å². The zero-order valence-electron chi connectivity index (χ0n) is 15.5. The Bertz CT molecular complexity index is 865. The number of amides is 1. The number of hydrogen-bond donors (Lipinski definition) is 3. The number of rotatable bonds is 6. The summed E-state index contributed by atoms with van der Waals surface area (Å²) >= 11 is 0. The lowest BCUT2D eigenvalue weighted by Gasteiger charge is -2.29. The van der Waals surface area contributed by atoms with Crippen LogP contribution in [0.5, 0.6) is 0 Å². The van der Waals surface area contributed by atoms with E-state index in [-0.39, 0.29) is 5.78 Å². The van der Waals surface area contributed by atoms with Crippen molar-refractivity contribution < 1.29 is 14.8 Å². The minimum atomic E-state index is -0.586. The second-order valence-electron chi connectivity index (χ2n) is 6.46. The van der Waals surface area contributed by atoms with E-state index in [2.05, 4.69) is 10.2 Å². The van der Waals surface area contributed by atoms with Gasteiger partial charge < -0.3 is 10.2 Å². The van der Waals surface area contributed by atoms with Gasteiger partial charge in [-0.05, 0) is 47.5 Å². The van der Waals surface area contributed by atoms with Crippen molar-refractivity contribution in [3.63, 3.8) is 0 Å². The molecule has 1 aliphatic rings. The molecule has 0 aromatic heterocycles. The van der Waals surface area contributed by atoms with Crippen LogP contribution >= 0.6 is 0 Å². The van der Waals surface area contributed by atoms with Crippen molar-refractivity contribution in [3.8, 4) is 0 Å². The van der Waals surface area contributed by atoms with Crippen LogP contribution in [0.2, 0.25) is 0 Å². The highest BCUT2D eigenvalue weighted by Gasteiger charge is 2.10. The largest absolute Gasteiger partial charge is 0.369 e. The Morgan fingerprint density at radius 2 is 1.46 bits per heavy atom. The van der Waals surface area contributed by atoms with E-state index in [1.807, 2.05) is 48.5 Å². The maximum absolute atomic E-state index is 12.4. The number of hydrogen-bond acceptors (Lipinski definition) is 5. The van der Waals surface area contributed by atoms with Crippen LogP contribution in [0.4, 0.5) is 5.69 Å². The average Bonchev–Trinajstić information content (AvgIpc) is 2.77. The molecule has 0 spiro atoms. The van der Waals surface area contributed by atoms with Gasteiger partial charge in [-0.15, -0.1) is 0 Å². The van der Waals surface area contributed by atoms with Gasteiger partial charge in [0.15, 0.2) is 5.78 Å². The molecule has 6 heteroatoms. The molecule has 0 bridgehead atoms. The second kappa shape index (κ2) is 9.64. The summed E-state index contributed by atoms with van der Waals surface area (Å²) in [6.45, 7) is 3.91. The molecule has 0 unspecified atom stereocenters. The fourth-order valence-electron chi connectivity index (χ4n) is 2.96. The van der Waals surface area contributed by atoms with E-state index in [0.717, 1.165) is 43.0 Å². The Kier molecular flexibility index (Phi) is 6.73. The van der Waals surface area contributed by atoms with Crippen molar-refractivity contribution in [2.24, 2.45) is 0 Å². The van der Waals surface area contributed by atoms with Crippen LogP contribution in [-0.4, -0.2) is 43.1 Å². The lowest BCUT2D eigenvalue weighted by Crippen LogP contribution is -2.43. The lowest BCUT2D eigenvalue weighted by molar-refractivity contribution is -0.124. The maximum atomic E-state index is 12.4. The molecule has 1 fully saturated rings. The van der Waals surface area contributed by atoms with Crippen molar-refractivity contribution in [2.75, 3.05) is 31.1 Å². The number of benzene rings is 2. The molecule has 0 atom stereocenters. The Balaban J connectivity index is 1.60. The molecular weight excluding hydrogens is 354 g/mol. The van der Waals surface area contributed by atoms with E-state index in [1.165, 1.54) is 11.6 Å². The number of anilines is 1. The molecule has 28 heavy (non-hydrogen) atoms. The minimum absolute atomic E-state index is 0.0459. The van der Waals surface area contributed by atoms with Crippen LogP contribution in [0.1, 0.15) is 21.5 Å². The van der Waals surface area contributed by atoms with Crippen LogP contribution in [0.25, 0.3) is 12.2 Å². The van der Waals surface area contributed by atoms with Gasteiger partial charge in [0.1, 0.15) is 0 Å². The van der Waals surface area contributed by atoms with Crippen molar-refractivity contribution in [2.45, 2.75) is 0 Å². The van der Waals surface area contributed by atoms with Gasteiger partial charge in [0.2, 0.25) is 0 Å². The van der Waals surface area contributed by atoms with Crippen molar-refractivity contribution in [1.29, 1.82) is 0 Å². The Morgan fingerprint density at radius 1 is 0.893 bits per heavy atom. The summed E-state index contributed by atoms with van der Waals surface area (Å²) in [5.41, 5.74) is 5.03. The molecule has 144 valence electrons. The topological polar surface area (TPSA) is 81.7 Å². The maximum Gasteiger partial charge on any atom is 0.267 e. The molecule has 2 aromatic carbocycles. The second-order valence-corrected chi connectivity index (χ2v) is 6.46. The van der Waals surface area contributed by atoms with Gasteiger partial charge in [-0.1, -0.05) is 30.3 Å². The van der Waals surface area contributed by atoms with Crippen LogP contribution in [0.3, 0.4) is 0 Å². The van der Waals surface area contributed by atoms with Gasteiger partial charge in [0.25, 0.3) is 5.91 Å². The number of hydroxylamine groups is 1. The zero-order chi connectivity index (χ0) is 19.8. The molecule has 6 nitrogen and oxygen atoms in total. The van der Waals surface area contributed by atoms with Crippen LogP contribution in [0.15, 0.2) is 60.7 Å².